The van der Waals surface area contributed by atoms with Gasteiger partial charge in [-0.1, -0.05) is 6.07 Å². The number of aliphatic carboxylic acids is 1. The molecular formula is C14H16N2O4S. The van der Waals surface area contributed by atoms with Crippen LogP contribution in [0.3, 0.4) is 0 Å². The standard InChI is InChI=1S/C14H16N2O4S/c1-10-4-5-11(9-15)8-12(10)21(19,20)16-7-3-6-14(16,2)13(17)18/h4-5,8H,3,6-7H2,1-2H3,(H,17,18). The lowest BCUT2D eigenvalue weighted by Gasteiger charge is -2.30. The summed E-state index contributed by atoms with van der Waals surface area (Å²) in [7, 11) is -3.95. The molecule has 0 aromatic heterocycles. The molecule has 0 aliphatic carbocycles. The Bertz CT molecular complexity index is 736. The van der Waals surface area contributed by atoms with Crippen LogP contribution < -0.4 is 0 Å². The van der Waals surface area contributed by atoms with E-state index in [1.54, 1.807) is 13.0 Å². The van der Waals surface area contributed by atoms with Crippen LogP contribution >= 0.6 is 0 Å². The van der Waals surface area contributed by atoms with Crippen LogP contribution in [0.4, 0.5) is 0 Å². The maximum absolute atomic E-state index is 12.8. The van der Waals surface area contributed by atoms with E-state index >= 15 is 0 Å². The normalized spacial score (nSPS) is 22.9. The molecule has 1 N–H and O–H groups in total. The smallest absolute Gasteiger partial charge is 0.324 e. The fraction of sp³-hybridized carbons (Fsp3) is 0.429. The minimum Gasteiger partial charge on any atom is -0.480 e. The zero-order valence-corrected chi connectivity index (χ0v) is 12.6. The summed E-state index contributed by atoms with van der Waals surface area (Å²) in [6.07, 6.45) is 0.775. The number of aryl methyl sites for hydroxylation is 1. The molecule has 1 aromatic carbocycles. The Kier molecular flexibility index (Phi) is 3.78. The van der Waals surface area contributed by atoms with Crippen LogP contribution in [0.1, 0.15) is 30.9 Å². The van der Waals surface area contributed by atoms with Crippen molar-refractivity contribution in [2.24, 2.45) is 0 Å². The summed E-state index contributed by atoms with van der Waals surface area (Å²) in [6, 6.07) is 6.29. The summed E-state index contributed by atoms with van der Waals surface area (Å²) in [4.78, 5) is 11.5. The number of nitriles is 1. The van der Waals surface area contributed by atoms with Gasteiger partial charge in [-0.2, -0.15) is 9.57 Å². The van der Waals surface area contributed by atoms with E-state index in [4.69, 9.17) is 5.26 Å². The first kappa shape index (κ1) is 15.5. The van der Waals surface area contributed by atoms with Gasteiger partial charge in [0.05, 0.1) is 16.5 Å². The van der Waals surface area contributed by atoms with E-state index in [-0.39, 0.29) is 23.4 Å². The summed E-state index contributed by atoms with van der Waals surface area (Å²) in [6.45, 7) is 3.22. The van der Waals surface area contributed by atoms with Gasteiger partial charge in [0.1, 0.15) is 5.54 Å². The van der Waals surface area contributed by atoms with E-state index in [0.29, 0.717) is 12.0 Å². The highest BCUT2D eigenvalue weighted by Gasteiger charge is 2.50. The number of hydrogen-bond acceptors (Lipinski definition) is 4. The average Bonchev–Trinajstić information content (AvgIpc) is 2.83. The zero-order valence-electron chi connectivity index (χ0n) is 11.8. The van der Waals surface area contributed by atoms with Crippen molar-refractivity contribution in [1.29, 1.82) is 5.26 Å². The second-order valence-corrected chi connectivity index (χ2v) is 7.18. The number of carbonyl (C=O) groups is 1. The number of sulfonamides is 1. The minimum absolute atomic E-state index is 0.00377. The van der Waals surface area contributed by atoms with Crippen LogP contribution in [0.2, 0.25) is 0 Å². The van der Waals surface area contributed by atoms with E-state index in [9.17, 15) is 18.3 Å². The average molecular weight is 308 g/mol. The molecule has 2 rings (SSSR count). The predicted molar refractivity (Wildman–Crippen MR) is 75.1 cm³/mol. The Morgan fingerprint density at radius 2 is 2.14 bits per heavy atom. The van der Waals surface area contributed by atoms with Gasteiger partial charge in [-0.25, -0.2) is 8.42 Å². The Balaban J connectivity index is 2.58. The van der Waals surface area contributed by atoms with Crippen molar-refractivity contribution in [3.63, 3.8) is 0 Å². The van der Waals surface area contributed by atoms with Crippen LogP contribution in [0, 0.1) is 18.3 Å². The van der Waals surface area contributed by atoms with Gasteiger partial charge in [0.25, 0.3) is 0 Å². The van der Waals surface area contributed by atoms with Crippen molar-refractivity contribution in [3.05, 3.63) is 29.3 Å². The first-order valence-electron chi connectivity index (χ1n) is 6.50. The summed E-state index contributed by atoms with van der Waals surface area (Å²) >= 11 is 0. The highest BCUT2D eigenvalue weighted by atomic mass is 32.2. The van der Waals surface area contributed by atoms with Crippen LogP contribution in [-0.2, 0) is 14.8 Å². The molecule has 1 aliphatic heterocycles. The second kappa shape index (κ2) is 5.13. The van der Waals surface area contributed by atoms with Gasteiger partial charge >= 0.3 is 5.97 Å². The quantitative estimate of drug-likeness (QED) is 0.912. The van der Waals surface area contributed by atoms with Gasteiger partial charge < -0.3 is 5.11 Å². The molecule has 1 heterocycles. The summed E-state index contributed by atoms with van der Waals surface area (Å²) in [5, 5.41) is 18.3. The van der Waals surface area contributed by atoms with Gasteiger partial charge in [0.2, 0.25) is 10.0 Å². The molecule has 0 amide bonds. The van der Waals surface area contributed by atoms with Crippen molar-refractivity contribution in [2.75, 3.05) is 6.54 Å². The number of carboxylic acid groups (broad SMARTS) is 1. The maximum Gasteiger partial charge on any atom is 0.324 e. The third kappa shape index (κ3) is 2.41. The van der Waals surface area contributed by atoms with Crippen molar-refractivity contribution >= 4 is 16.0 Å². The van der Waals surface area contributed by atoms with E-state index in [2.05, 4.69) is 0 Å². The molecule has 0 radical (unpaired) electrons. The fourth-order valence-corrected chi connectivity index (χ4v) is 4.66. The number of carboxylic acids is 1. The molecule has 6 nitrogen and oxygen atoms in total. The van der Waals surface area contributed by atoms with Gasteiger partial charge in [-0.05, 0) is 44.4 Å². The highest BCUT2D eigenvalue weighted by Crippen LogP contribution is 2.35. The molecule has 112 valence electrons. The van der Waals surface area contributed by atoms with E-state index in [0.717, 1.165) is 4.31 Å². The van der Waals surface area contributed by atoms with Crippen LogP contribution in [0.5, 0.6) is 0 Å². The molecule has 1 aliphatic rings. The van der Waals surface area contributed by atoms with Crippen LogP contribution in [0.25, 0.3) is 0 Å². The molecular weight excluding hydrogens is 292 g/mol. The summed E-state index contributed by atoms with van der Waals surface area (Å²) in [5.41, 5.74) is -0.711. The summed E-state index contributed by atoms with van der Waals surface area (Å²) in [5.74, 6) is -1.15. The van der Waals surface area contributed by atoms with Crippen molar-refractivity contribution < 1.29 is 18.3 Å². The van der Waals surface area contributed by atoms with E-state index in [1.807, 2.05) is 6.07 Å². The number of benzene rings is 1. The van der Waals surface area contributed by atoms with Crippen LogP contribution in [-0.4, -0.2) is 35.9 Å². The largest absolute Gasteiger partial charge is 0.480 e. The topological polar surface area (TPSA) is 98.5 Å². The first-order valence-corrected chi connectivity index (χ1v) is 7.94. The number of nitrogens with zero attached hydrogens (tertiary/aromatic N) is 2. The van der Waals surface area contributed by atoms with Crippen LogP contribution in [0.15, 0.2) is 23.1 Å². The molecule has 1 atom stereocenters. The van der Waals surface area contributed by atoms with Crippen molar-refractivity contribution in [1.82, 2.24) is 4.31 Å². The Morgan fingerprint density at radius 3 is 2.71 bits per heavy atom. The van der Waals surface area contributed by atoms with E-state index in [1.165, 1.54) is 19.1 Å². The molecule has 0 bridgehead atoms. The fourth-order valence-electron chi connectivity index (χ4n) is 2.60. The molecule has 0 spiro atoms. The zero-order chi connectivity index (χ0) is 15.8. The summed E-state index contributed by atoms with van der Waals surface area (Å²) < 4.78 is 26.6. The van der Waals surface area contributed by atoms with Crippen molar-refractivity contribution in [3.8, 4) is 6.07 Å². The third-order valence-corrected chi connectivity index (χ3v) is 6.08. The molecule has 1 fully saturated rings. The maximum atomic E-state index is 12.8. The van der Waals surface area contributed by atoms with Gasteiger partial charge in [0, 0.05) is 6.54 Å². The molecule has 0 saturated carbocycles. The minimum atomic E-state index is -3.95. The lowest BCUT2D eigenvalue weighted by atomic mass is 10.0. The number of rotatable bonds is 3. The first-order chi connectivity index (χ1) is 9.73. The van der Waals surface area contributed by atoms with Gasteiger partial charge in [-0.3, -0.25) is 4.79 Å². The Labute approximate surface area is 123 Å². The highest BCUT2D eigenvalue weighted by molar-refractivity contribution is 7.89. The lowest BCUT2D eigenvalue weighted by Crippen LogP contribution is -2.50. The molecule has 7 heteroatoms. The lowest BCUT2D eigenvalue weighted by molar-refractivity contribution is -0.146. The van der Waals surface area contributed by atoms with Gasteiger partial charge in [0.15, 0.2) is 0 Å². The Morgan fingerprint density at radius 1 is 1.48 bits per heavy atom. The Hall–Kier alpha value is -1.91. The third-order valence-electron chi connectivity index (χ3n) is 3.92. The molecule has 1 unspecified atom stereocenters. The van der Waals surface area contributed by atoms with Crippen molar-refractivity contribution in [2.45, 2.75) is 37.1 Å². The monoisotopic (exact) mass is 308 g/mol. The SMILES string of the molecule is Cc1ccc(C#N)cc1S(=O)(=O)N1CCCC1(C)C(=O)O. The number of hydrogen-bond donors (Lipinski definition) is 1. The second-order valence-electron chi connectivity index (χ2n) is 5.35. The molecule has 1 saturated heterocycles. The predicted octanol–water partition coefficient (Wildman–Crippen LogP) is 1.49. The molecule has 21 heavy (non-hydrogen) atoms. The van der Waals surface area contributed by atoms with Gasteiger partial charge in [-0.15, -0.1) is 0 Å². The van der Waals surface area contributed by atoms with E-state index < -0.39 is 21.5 Å². The molecule has 1 aromatic rings.